The Bertz CT molecular complexity index is 1520. The van der Waals surface area contributed by atoms with Crippen molar-refractivity contribution in [3.8, 4) is 11.3 Å². The summed E-state index contributed by atoms with van der Waals surface area (Å²) in [5, 5.41) is 5.91. The molecule has 3 aromatic heterocycles. The third-order valence-corrected chi connectivity index (χ3v) is 7.24. The highest BCUT2D eigenvalue weighted by atomic mass is 15.4. The molecule has 2 saturated heterocycles. The van der Waals surface area contributed by atoms with Gasteiger partial charge in [0, 0.05) is 55.4 Å². The normalized spacial score (nSPS) is 20.4. The van der Waals surface area contributed by atoms with Crippen LogP contribution in [-0.2, 0) is 0 Å². The van der Waals surface area contributed by atoms with Gasteiger partial charge in [0.15, 0.2) is 0 Å². The minimum Gasteiger partial charge on any atom is -0.336 e. The molecule has 5 heterocycles. The standard InChI is InChI=1S/C27H25N7/c28-26(22-7-3-5-17-4-1-2-6-21(17)22)24-12-18(8-9-29-24)23-14-25-30-10-11-33(25)27(32-23)34-16-19-13-20(34)15-31-19/h1-12,14,19-20,26,31H,13,15-16,28H2. The summed E-state index contributed by atoms with van der Waals surface area (Å²) in [7, 11) is 0. The molecule has 7 rings (SSSR count). The average Bonchev–Trinajstić information content (AvgIpc) is 3.65. The molecule has 0 aliphatic carbocycles. The molecule has 3 unspecified atom stereocenters. The van der Waals surface area contributed by atoms with Crippen molar-refractivity contribution in [3.63, 3.8) is 0 Å². The van der Waals surface area contributed by atoms with Gasteiger partial charge in [0.1, 0.15) is 5.65 Å². The van der Waals surface area contributed by atoms with E-state index >= 15 is 0 Å². The second-order valence-corrected chi connectivity index (χ2v) is 9.26. The van der Waals surface area contributed by atoms with Crippen LogP contribution in [-0.4, -0.2) is 44.5 Å². The topological polar surface area (TPSA) is 84.4 Å². The number of nitrogens with two attached hydrogens (primary N) is 1. The molecule has 3 atom stereocenters. The van der Waals surface area contributed by atoms with Crippen LogP contribution in [0, 0.1) is 0 Å². The third kappa shape index (κ3) is 3.09. The van der Waals surface area contributed by atoms with Crippen molar-refractivity contribution in [2.75, 3.05) is 18.0 Å². The fraction of sp³-hybridized carbons (Fsp3) is 0.222. The fourth-order valence-electron chi connectivity index (χ4n) is 5.52. The van der Waals surface area contributed by atoms with E-state index in [0.29, 0.717) is 12.1 Å². The Morgan fingerprint density at radius 2 is 1.91 bits per heavy atom. The van der Waals surface area contributed by atoms with Gasteiger partial charge in [-0.25, -0.2) is 9.97 Å². The molecule has 5 aromatic rings. The Morgan fingerprint density at radius 3 is 2.79 bits per heavy atom. The molecule has 7 nitrogen and oxygen atoms in total. The predicted molar refractivity (Wildman–Crippen MR) is 134 cm³/mol. The van der Waals surface area contributed by atoms with E-state index in [1.54, 1.807) is 0 Å². The Hall–Kier alpha value is -3.81. The van der Waals surface area contributed by atoms with Gasteiger partial charge >= 0.3 is 0 Å². The zero-order valence-electron chi connectivity index (χ0n) is 18.7. The molecule has 0 spiro atoms. The smallest absolute Gasteiger partial charge is 0.212 e. The van der Waals surface area contributed by atoms with Crippen LogP contribution in [0.2, 0.25) is 0 Å². The lowest BCUT2D eigenvalue weighted by Crippen LogP contribution is -2.44. The van der Waals surface area contributed by atoms with Crippen molar-refractivity contribution in [3.05, 3.63) is 90.5 Å². The van der Waals surface area contributed by atoms with E-state index in [1.165, 1.54) is 11.8 Å². The molecule has 34 heavy (non-hydrogen) atoms. The maximum absolute atomic E-state index is 6.76. The van der Waals surface area contributed by atoms with Crippen LogP contribution in [0.1, 0.15) is 23.7 Å². The van der Waals surface area contributed by atoms with Gasteiger partial charge in [-0.3, -0.25) is 9.38 Å². The SMILES string of the molecule is NC(c1cc(-c2cc3nccn3c(N3CC4CC3CN4)n2)ccn1)c1cccc2ccccc12. The van der Waals surface area contributed by atoms with Crippen LogP contribution in [0.5, 0.6) is 0 Å². The molecule has 2 aliphatic heterocycles. The first-order chi connectivity index (χ1) is 16.7. The molecule has 2 fully saturated rings. The molecular formula is C27H25N7. The molecule has 3 N–H and O–H groups in total. The summed E-state index contributed by atoms with van der Waals surface area (Å²) in [5.41, 5.74) is 11.4. The Morgan fingerprint density at radius 1 is 1.00 bits per heavy atom. The largest absolute Gasteiger partial charge is 0.336 e. The number of rotatable bonds is 4. The van der Waals surface area contributed by atoms with Crippen molar-refractivity contribution in [2.24, 2.45) is 5.73 Å². The summed E-state index contributed by atoms with van der Waals surface area (Å²) in [6, 6.07) is 21.4. The van der Waals surface area contributed by atoms with Crippen LogP contribution >= 0.6 is 0 Å². The van der Waals surface area contributed by atoms with Gasteiger partial charge in [-0.15, -0.1) is 0 Å². The summed E-state index contributed by atoms with van der Waals surface area (Å²) in [5.74, 6) is 0.954. The fourth-order valence-corrected chi connectivity index (χ4v) is 5.52. The number of piperazine rings is 1. The van der Waals surface area contributed by atoms with Crippen LogP contribution in [0.4, 0.5) is 5.95 Å². The van der Waals surface area contributed by atoms with Gasteiger partial charge in [-0.05, 0) is 34.9 Å². The zero-order chi connectivity index (χ0) is 22.6. The summed E-state index contributed by atoms with van der Waals surface area (Å²) in [6.45, 7) is 1.98. The monoisotopic (exact) mass is 447 g/mol. The van der Waals surface area contributed by atoms with Gasteiger partial charge in [-0.1, -0.05) is 42.5 Å². The van der Waals surface area contributed by atoms with Gasteiger partial charge in [0.2, 0.25) is 5.95 Å². The van der Waals surface area contributed by atoms with E-state index < -0.39 is 0 Å². The number of fused-ring (bicyclic) bond motifs is 4. The van der Waals surface area contributed by atoms with Crippen molar-refractivity contribution in [2.45, 2.75) is 24.5 Å². The number of hydrogen-bond donors (Lipinski definition) is 2. The van der Waals surface area contributed by atoms with E-state index in [4.69, 9.17) is 10.7 Å². The number of hydrogen-bond acceptors (Lipinski definition) is 6. The highest BCUT2D eigenvalue weighted by molar-refractivity contribution is 5.86. The third-order valence-electron chi connectivity index (χ3n) is 7.24. The maximum atomic E-state index is 6.76. The minimum atomic E-state index is -0.332. The van der Waals surface area contributed by atoms with Crippen LogP contribution < -0.4 is 16.0 Å². The first-order valence-corrected chi connectivity index (χ1v) is 11.8. The number of imidazole rings is 1. The van der Waals surface area contributed by atoms with E-state index in [9.17, 15) is 0 Å². The summed E-state index contributed by atoms with van der Waals surface area (Å²) in [6.07, 6.45) is 6.83. The number of aromatic nitrogens is 4. The van der Waals surface area contributed by atoms with Gasteiger partial charge < -0.3 is 16.0 Å². The quantitative estimate of drug-likeness (QED) is 0.438. The average molecular weight is 448 g/mol. The van der Waals surface area contributed by atoms with Crippen molar-refractivity contribution < 1.29 is 0 Å². The molecule has 2 bridgehead atoms. The molecule has 0 amide bonds. The molecule has 2 aliphatic rings. The highest BCUT2D eigenvalue weighted by Gasteiger charge is 2.39. The Kier molecular flexibility index (Phi) is 4.40. The van der Waals surface area contributed by atoms with Gasteiger partial charge in [0.05, 0.1) is 17.4 Å². The maximum Gasteiger partial charge on any atom is 0.212 e. The Labute approximate surface area is 197 Å². The van der Waals surface area contributed by atoms with E-state index in [-0.39, 0.29) is 6.04 Å². The number of pyridine rings is 1. The molecule has 7 heteroatoms. The summed E-state index contributed by atoms with van der Waals surface area (Å²) >= 11 is 0. The highest BCUT2D eigenvalue weighted by Crippen LogP contribution is 2.32. The van der Waals surface area contributed by atoms with Crippen molar-refractivity contribution >= 4 is 22.4 Å². The minimum absolute atomic E-state index is 0.332. The number of nitrogens with zero attached hydrogens (tertiary/aromatic N) is 5. The lowest BCUT2D eigenvalue weighted by molar-refractivity contribution is 0.570. The molecule has 2 aromatic carbocycles. The van der Waals surface area contributed by atoms with Crippen LogP contribution in [0.25, 0.3) is 27.7 Å². The zero-order valence-corrected chi connectivity index (χ0v) is 18.7. The first-order valence-electron chi connectivity index (χ1n) is 11.8. The second-order valence-electron chi connectivity index (χ2n) is 9.26. The predicted octanol–water partition coefficient (Wildman–Crippen LogP) is 3.54. The van der Waals surface area contributed by atoms with Gasteiger partial charge in [-0.2, -0.15) is 0 Å². The van der Waals surface area contributed by atoms with E-state index in [2.05, 4.69) is 61.0 Å². The summed E-state index contributed by atoms with van der Waals surface area (Å²) in [4.78, 5) is 16.8. The molecule has 0 saturated carbocycles. The van der Waals surface area contributed by atoms with Gasteiger partial charge in [0.25, 0.3) is 0 Å². The Balaban J connectivity index is 1.30. The lowest BCUT2D eigenvalue weighted by Gasteiger charge is -2.29. The van der Waals surface area contributed by atoms with E-state index in [1.807, 2.05) is 42.9 Å². The lowest BCUT2D eigenvalue weighted by atomic mass is 9.96. The molecular weight excluding hydrogens is 422 g/mol. The van der Waals surface area contributed by atoms with E-state index in [0.717, 1.165) is 52.6 Å². The van der Waals surface area contributed by atoms with Crippen molar-refractivity contribution in [1.29, 1.82) is 0 Å². The first kappa shape index (κ1) is 19.6. The molecule has 0 radical (unpaired) electrons. The van der Waals surface area contributed by atoms with Crippen LogP contribution in [0.3, 0.4) is 0 Å². The molecule has 168 valence electrons. The van der Waals surface area contributed by atoms with Crippen molar-refractivity contribution in [1.82, 2.24) is 24.7 Å². The number of benzene rings is 2. The second kappa shape index (κ2) is 7.62. The summed E-state index contributed by atoms with van der Waals surface area (Å²) < 4.78 is 2.09. The van der Waals surface area contributed by atoms with Crippen LogP contribution in [0.15, 0.2) is 79.3 Å². The number of nitrogens with one attached hydrogen (secondary N) is 1. The number of anilines is 1.